The maximum absolute atomic E-state index is 13.0. The summed E-state index contributed by atoms with van der Waals surface area (Å²) >= 11 is 0. The molecule has 0 unspecified atom stereocenters. The van der Waals surface area contributed by atoms with Crippen LogP contribution >= 0.6 is 0 Å². The number of para-hydroxylation sites is 1. The number of nitrogens with one attached hydrogen (secondary N) is 1. The molecule has 0 saturated heterocycles. The molecule has 0 spiro atoms. The van der Waals surface area contributed by atoms with Crippen LogP contribution in [0.25, 0.3) is 11.1 Å². The second-order valence-electron chi connectivity index (χ2n) is 6.09. The minimum atomic E-state index is -4.56. The summed E-state index contributed by atoms with van der Waals surface area (Å²) in [5.74, 6) is -0.292. The van der Waals surface area contributed by atoms with Gasteiger partial charge in [0.1, 0.15) is 5.75 Å². The van der Waals surface area contributed by atoms with Crippen molar-refractivity contribution in [1.82, 2.24) is 0 Å². The molecule has 3 aromatic rings. The number of halogens is 3. The van der Waals surface area contributed by atoms with Crippen molar-refractivity contribution >= 4 is 11.6 Å². The summed E-state index contributed by atoms with van der Waals surface area (Å²) in [5.41, 5.74) is 1.14. The number of rotatable bonds is 5. The maximum Gasteiger partial charge on any atom is 0.418 e. The quantitative estimate of drug-likeness (QED) is 0.640. The van der Waals surface area contributed by atoms with Crippen molar-refractivity contribution in [3.8, 4) is 22.9 Å². The topological polar surface area (TPSA) is 62.1 Å². The van der Waals surface area contributed by atoms with Crippen molar-refractivity contribution in [2.75, 3.05) is 11.9 Å². The average Bonchev–Trinajstić information content (AvgIpc) is 2.72. The Kier molecular flexibility index (Phi) is 5.84. The van der Waals surface area contributed by atoms with E-state index in [0.717, 1.165) is 17.2 Å². The molecule has 0 fully saturated rings. The van der Waals surface area contributed by atoms with Crippen LogP contribution in [0.4, 0.5) is 18.9 Å². The molecule has 4 nitrogen and oxygen atoms in total. The predicted molar refractivity (Wildman–Crippen MR) is 102 cm³/mol. The average molecular weight is 396 g/mol. The number of benzene rings is 3. The summed E-state index contributed by atoms with van der Waals surface area (Å²) in [4.78, 5) is 12.0. The smallest absolute Gasteiger partial charge is 0.418 e. The number of hydrogen-bond donors (Lipinski definition) is 1. The highest BCUT2D eigenvalue weighted by Crippen LogP contribution is 2.34. The number of nitrogens with zero attached hydrogens (tertiary/aromatic N) is 1. The van der Waals surface area contributed by atoms with Crippen molar-refractivity contribution in [3.63, 3.8) is 0 Å². The molecule has 0 bridgehead atoms. The van der Waals surface area contributed by atoms with Gasteiger partial charge in [0.2, 0.25) is 0 Å². The van der Waals surface area contributed by atoms with Gasteiger partial charge in [-0.05, 0) is 47.5 Å². The van der Waals surface area contributed by atoms with Crippen molar-refractivity contribution in [3.05, 3.63) is 83.9 Å². The van der Waals surface area contributed by atoms with Crippen LogP contribution in [-0.4, -0.2) is 12.5 Å². The van der Waals surface area contributed by atoms with Crippen molar-refractivity contribution in [2.45, 2.75) is 6.18 Å². The Morgan fingerprint density at radius 1 is 0.931 bits per heavy atom. The van der Waals surface area contributed by atoms with Gasteiger partial charge in [-0.15, -0.1) is 0 Å². The van der Waals surface area contributed by atoms with Crippen molar-refractivity contribution < 1.29 is 22.7 Å². The lowest BCUT2D eigenvalue weighted by Crippen LogP contribution is -2.22. The van der Waals surface area contributed by atoms with Gasteiger partial charge in [0.25, 0.3) is 5.91 Å². The van der Waals surface area contributed by atoms with Crippen LogP contribution < -0.4 is 10.1 Å². The van der Waals surface area contributed by atoms with Gasteiger partial charge in [-0.25, -0.2) is 0 Å². The first kappa shape index (κ1) is 20.0. The number of nitriles is 1. The number of hydrogen-bond acceptors (Lipinski definition) is 3. The van der Waals surface area contributed by atoms with E-state index in [1.54, 1.807) is 36.4 Å². The van der Waals surface area contributed by atoms with E-state index < -0.39 is 24.3 Å². The van der Waals surface area contributed by atoms with Crippen molar-refractivity contribution in [2.24, 2.45) is 0 Å². The minimum Gasteiger partial charge on any atom is -0.484 e. The van der Waals surface area contributed by atoms with Gasteiger partial charge in [-0.1, -0.05) is 36.4 Å². The number of amides is 1. The number of anilines is 1. The molecule has 7 heteroatoms. The van der Waals surface area contributed by atoms with Crippen molar-refractivity contribution in [1.29, 1.82) is 5.26 Å². The van der Waals surface area contributed by atoms with Crippen LogP contribution in [0, 0.1) is 11.3 Å². The summed E-state index contributed by atoms with van der Waals surface area (Å²) in [6, 6.07) is 20.8. The SMILES string of the molecule is N#Cc1ccc(-c2ccc(OCC(=O)Nc3ccccc3C(F)(F)F)cc2)cc1. The van der Waals surface area contributed by atoms with E-state index in [1.807, 2.05) is 12.1 Å². The molecule has 0 atom stereocenters. The lowest BCUT2D eigenvalue weighted by molar-refractivity contribution is -0.137. The first-order valence-electron chi connectivity index (χ1n) is 8.56. The zero-order valence-electron chi connectivity index (χ0n) is 15.0. The summed E-state index contributed by atoms with van der Waals surface area (Å²) in [5, 5.41) is 11.1. The molecule has 146 valence electrons. The van der Waals surface area contributed by atoms with E-state index in [9.17, 15) is 18.0 Å². The standard InChI is InChI=1S/C22H15F3N2O2/c23-22(24,25)19-3-1-2-4-20(19)27-21(28)14-29-18-11-9-17(10-12-18)16-7-5-15(13-26)6-8-16/h1-12H,14H2,(H,27,28). The number of ether oxygens (including phenoxy) is 1. The van der Waals surface area contributed by atoms with E-state index in [1.165, 1.54) is 18.2 Å². The Morgan fingerprint density at radius 2 is 1.52 bits per heavy atom. The molecule has 0 aliphatic carbocycles. The highest BCUT2D eigenvalue weighted by Gasteiger charge is 2.33. The van der Waals surface area contributed by atoms with E-state index in [0.29, 0.717) is 11.3 Å². The van der Waals surface area contributed by atoms with Crippen LogP contribution in [-0.2, 0) is 11.0 Å². The van der Waals surface area contributed by atoms with E-state index >= 15 is 0 Å². The zero-order valence-corrected chi connectivity index (χ0v) is 15.0. The highest BCUT2D eigenvalue weighted by molar-refractivity contribution is 5.92. The maximum atomic E-state index is 13.0. The number of carbonyl (C=O) groups is 1. The fourth-order valence-corrected chi connectivity index (χ4v) is 2.66. The van der Waals surface area contributed by atoms with Gasteiger partial charge in [0.15, 0.2) is 6.61 Å². The normalized spacial score (nSPS) is 10.8. The lowest BCUT2D eigenvalue weighted by Gasteiger charge is -2.14. The molecule has 0 aliphatic heterocycles. The number of carbonyl (C=O) groups excluding carboxylic acids is 1. The van der Waals surface area contributed by atoms with Crippen LogP contribution in [0.2, 0.25) is 0 Å². The molecule has 0 saturated carbocycles. The molecule has 3 rings (SSSR count). The zero-order chi connectivity index (χ0) is 20.9. The lowest BCUT2D eigenvalue weighted by atomic mass is 10.0. The molecule has 0 aromatic heterocycles. The third-order valence-electron chi connectivity index (χ3n) is 4.08. The Balaban J connectivity index is 1.60. The van der Waals surface area contributed by atoms with Gasteiger partial charge >= 0.3 is 6.18 Å². The molecule has 1 N–H and O–H groups in total. The van der Waals surface area contributed by atoms with Crippen LogP contribution in [0.1, 0.15) is 11.1 Å². The molecule has 0 aliphatic rings. The molecule has 0 heterocycles. The molecular formula is C22H15F3N2O2. The minimum absolute atomic E-state index is 0.315. The molecule has 29 heavy (non-hydrogen) atoms. The predicted octanol–water partition coefficient (Wildman–Crippen LogP) is 5.26. The summed E-state index contributed by atoms with van der Waals surface area (Å²) < 4.78 is 44.3. The van der Waals surface area contributed by atoms with E-state index in [2.05, 4.69) is 11.4 Å². The fourth-order valence-electron chi connectivity index (χ4n) is 2.66. The highest BCUT2D eigenvalue weighted by atomic mass is 19.4. The molecule has 0 radical (unpaired) electrons. The largest absolute Gasteiger partial charge is 0.484 e. The van der Waals surface area contributed by atoms with Gasteiger partial charge in [0, 0.05) is 0 Å². The fraction of sp³-hybridized carbons (Fsp3) is 0.0909. The molecule has 3 aromatic carbocycles. The van der Waals surface area contributed by atoms with Crippen LogP contribution in [0.15, 0.2) is 72.8 Å². The Morgan fingerprint density at radius 3 is 2.10 bits per heavy atom. The monoisotopic (exact) mass is 396 g/mol. The summed E-state index contributed by atoms with van der Waals surface area (Å²) in [7, 11) is 0. The number of alkyl halides is 3. The Labute approximate surface area is 165 Å². The van der Waals surface area contributed by atoms with Gasteiger partial charge < -0.3 is 10.1 Å². The van der Waals surface area contributed by atoms with Gasteiger partial charge in [0.05, 0.1) is 22.9 Å². The summed E-state index contributed by atoms with van der Waals surface area (Å²) in [6.45, 7) is -0.428. The van der Waals surface area contributed by atoms with E-state index in [-0.39, 0.29) is 5.69 Å². The third-order valence-corrected chi connectivity index (χ3v) is 4.08. The second kappa shape index (κ2) is 8.48. The summed E-state index contributed by atoms with van der Waals surface area (Å²) in [6.07, 6.45) is -4.56. The first-order chi connectivity index (χ1) is 13.9. The Hall–Kier alpha value is -3.79. The Bertz CT molecular complexity index is 1040. The van der Waals surface area contributed by atoms with Crippen LogP contribution in [0.3, 0.4) is 0 Å². The van der Waals surface area contributed by atoms with E-state index in [4.69, 9.17) is 10.00 Å². The van der Waals surface area contributed by atoms with Gasteiger partial charge in [-0.2, -0.15) is 18.4 Å². The molecule has 1 amide bonds. The third kappa shape index (κ3) is 5.14. The van der Waals surface area contributed by atoms with Crippen LogP contribution in [0.5, 0.6) is 5.75 Å². The van der Waals surface area contributed by atoms with Gasteiger partial charge in [-0.3, -0.25) is 4.79 Å². The molecular weight excluding hydrogens is 381 g/mol. The second-order valence-corrected chi connectivity index (χ2v) is 6.09. The first-order valence-corrected chi connectivity index (χ1v) is 8.56.